The summed E-state index contributed by atoms with van der Waals surface area (Å²) in [5.74, 6) is -0.922. The number of halogens is 3. The van der Waals surface area contributed by atoms with E-state index in [9.17, 15) is 9.18 Å². The molecule has 0 aliphatic heterocycles. The molecule has 2 N–H and O–H groups in total. The molecule has 2 rings (SSSR count). The quantitative estimate of drug-likeness (QED) is 0.869. The summed E-state index contributed by atoms with van der Waals surface area (Å²) in [6.45, 7) is 0. The van der Waals surface area contributed by atoms with Crippen molar-refractivity contribution in [3.63, 3.8) is 0 Å². The molecule has 1 amide bonds. The highest BCUT2D eigenvalue weighted by atomic mass is 79.9. The van der Waals surface area contributed by atoms with E-state index in [1.807, 2.05) is 0 Å². The molecule has 0 spiro atoms. The summed E-state index contributed by atoms with van der Waals surface area (Å²) in [7, 11) is 0. The van der Waals surface area contributed by atoms with Gasteiger partial charge in [0.05, 0.1) is 5.02 Å². The van der Waals surface area contributed by atoms with Crippen LogP contribution in [-0.2, 0) is 0 Å². The van der Waals surface area contributed by atoms with Crippen molar-refractivity contribution in [3.05, 3.63) is 51.5 Å². The van der Waals surface area contributed by atoms with Crippen LogP contribution < -0.4 is 5.32 Å². The third-order valence-electron chi connectivity index (χ3n) is 2.07. The Balaban J connectivity index is 2.15. The summed E-state index contributed by atoms with van der Waals surface area (Å²) in [4.78, 5) is 14.5. The third-order valence-corrected chi connectivity index (χ3v) is 2.83. The number of hydrogen-bond donors (Lipinski definition) is 2. The average Bonchev–Trinajstić information content (AvgIpc) is 2.70. The minimum atomic E-state index is -0.572. The first-order chi connectivity index (χ1) is 8.06. The van der Waals surface area contributed by atoms with Crippen LogP contribution in [0.5, 0.6) is 0 Å². The van der Waals surface area contributed by atoms with E-state index in [4.69, 9.17) is 11.6 Å². The molecule has 0 fully saturated rings. The minimum Gasteiger partial charge on any atom is -0.356 e. The maximum Gasteiger partial charge on any atom is 0.272 e. The van der Waals surface area contributed by atoms with Gasteiger partial charge >= 0.3 is 0 Å². The van der Waals surface area contributed by atoms with E-state index in [2.05, 4.69) is 26.2 Å². The van der Waals surface area contributed by atoms with E-state index in [1.54, 1.807) is 12.3 Å². The normalized spacial score (nSPS) is 10.3. The Kier molecular flexibility index (Phi) is 3.49. The fraction of sp³-hybridized carbons (Fsp3) is 0. The van der Waals surface area contributed by atoms with Crippen molar-refractivity contribution in [1.29, 1.82) is 0 Å². The first-order valence-corrected chi connectivity index (χ1v) is 5.83. The third kappa shape index (κ3) is 2.87. The van der Waals surface area contributed by atoms with E-state index in [0.717, 1.165) is 10.5 Å². The maximum atomic E-state index is 13.1. The fourth-order valence-electron chi connectivity index (χ4n) is 1.27. The Hall–Kier alpha value is -1.33. The number of anilines is 1. The van der Waals surface area contributed by atoms with Crippen LogP contribution in [0, 0.1) is 5.82 Å². The van der Waals surface area contributed by atoms with Crippen LogP contribution in [0.4, 0.5) is 10.1 Å². The predicted molar refractivity (Wildman–Crippen MR) is 67.9 cm³/mol. The summed E-state index contributed by atoms with van der Waals surface area (Å²) < 4.78 is 13.9. The SMILES string of the molecule is O=C(Nc1ccc(Cl)c(F)c1)c1cc(Br)c[nH]1. The molecule has 0 unspecified atom stereocenters. The molecule has 3 nitrogen and oxygen atoms in total. The zero-order valence-corrected chi connectivity index (χ0v) is 10.8. The summed E-state index contributed by atoms with van der Waals surface area (Å²) in [5, 5.41) is 2.57. The van der Waals surface area contributed by atoms with Crippen molar-refractivity contribution in [1.82, 2.24) is 4.98 Å². The molecule has 17 heavy (non-hydrogen) atoms. The number of rotatable bonds is 2. The van der Waals surface area contributed by atoms with Gasteiger partial charge in [-0.3, -0.25) is 4.79 Å². The van der Waals surface area contributed by atoms with E-state index < -0.39 is 5.82 Å². The molecular formula is C11H7BrClFN2O. The molecule has 0 aliphatic carbocycles. The van der Waals surface area contributed by atoms with E-state index >= 15 is 0 Å². The van der Waals surface area contributed by atoms with Crippen LogP contribution in [0.15, 0.2) is 34.9 Å². The second kappa shape index (κ2) is 4.89. The fourth-order valence-corrected chi connectivity index (χ4v) is 1.73. The Bertz CT molecular complexity index is 570. The van der Waals surface area contributed by atoms with Crippen LogP contribution in [0.3, 0.4) is 0 Å². The highest BCUT2D eigenvalue weighted by Crippen LogP contribution is 2.19. The highest BCUT2D eigenvalue weighted by molar-refractivity contribution is 9.10. The number of nitrogens with one attached hydrogen (secondary N) is 2. The monoisotopic (exact) mass is 316 g/mol. The molecule has 0 bridgehead atoms. The van der Waals surface area contributed by atoms with Crippen LogP contribution in [0.25, 0.3) is 0 Å². The van der Waals surface area contributed by atoms with Gasteiger partial charge in [-0.2, -0.15) is 0 Å². The number of aromatic amines is 1. The highest BCUT2D eigenvalue weighted by Gasteiger charge is 2.09. The maximum absolute atomic E-state index is 13.1. The van der Waals surface area contributed by atoms with Gasteiger partial charge in [0, 0.05) is 16.4 Å². The molecule has 0 radical (unpaired) electrons. The first-order valence-electron chi connectivity index (χ1n) is 4.66. The number of amides is 1. The first kappa shape index (κ1) is 12.1. The van der Waals surface area contributed by atoms with E-state index in [0.29, 0.717) is 11.4 Å². The number of carbonyl (C=O) groups excluding carboxylic acids is 1. The summed E-state index contributed by atoms with van der Waals surface area (Å²) in [6, 6.07) is 5.71. The summed E-state index contributed by atoms with van der Waals surface area (Å²) in [5.41, 5.74) is 0.731. The minimum absolute atomic E-state index is 0.0191. The molecule has 0 saturated heterocycles. The smallest absolute Gasteiger partial charge is 0.272 e. The molecule has 0 saturated carbocycles. The lowest BCUT2D eigenvalue weighted by molar-refractivity contribution is 0.102. The Morgan fingerprint density at radius 1 is 1.41 bits per heavy atom. The lowest BCUT2D eigenvalue weighted by Crippen LogP contribution is -2.12. The largest absolute Gasteiger partial charge is 0.356 e. The lowest BCUT2D eigenvalue weighted by atomic mass is 10.3. The molecule has 6 heteroatoms. The van der Waals surface area contributed by atoms with Crippen molar-refractivity contribution in [2.45, 2.75) is 0 Å². The van der Waals surface area contributed by atoms with Gasteiger partial charge in [0.1, 0.15) is 11.5 Å². The lowest BCUT2D eigenvalue weighted by Gasteiger charge is -2.04. The molecule has 0 atom stereocenters. The van der Waals surface area contributed by atoms with Gasteiger partial charge in [0.2, 0.25) is 0 Å². The van der Waals surface area contributed by atoms with Crippen LogP contribution >= 0.6 is 27.5 Å². The predicted octanol–water partition coefficient (Wildman–Crippen LogP) is 3.82. The number of carbonyl (C=O) groups is 1. The van der Waals surface area contributed by atoms with Gasteiger partial charge in [-0.1, -0.05) is 11.6 Å². The van der Waals surface area contributed by atoms with Gasteiger partial charge < -0.3 is 10.3 Å². The van der Waals surface area contributed by atoms with Gasteiger partial charge in [-0.05, 0) is 40.2 Å². The van der Waals surface area contributed by atoms with Crippen molar-refractivity contribution >= 4 is 39.1 Å². The number of benzene rings is 1. The summed E-state index contributed by atoms with van der Waals surface area (Å²) >= 11 is 8.76. The molecule has 88 valence electrons. The van der Waals surface area contributed by atoms with Crippen LogP contribution in [0.2, 0.25) is 5.02 Å². The average molecular weight is 318 g/mol. The summed E-state index contributed by atoms with van der Waals surface area (Å²) in [6.07, 6.45) is 1.64. The van der Waals surface area contributed by atoms with Crippen LogP contribution in [0.1, 0.15) is 10.5 Å². The van der Waals surface area contributed by atoms with Gasteiger partial charge in [0.25, 0.3) is 5.91 Å². The van der Waals surface area contributed by atoms with Crippen LogP contribution in [-0.4, -0.2) is 10.9 Å². The second-order valence-electron chi connectivity index (χ2n) is 3.31. The van der Waals surface area contributed by atoms with Gasteiger partial charge in [-0.15, -0.1) is 0 Å². The standard InChI is InChI=1S/C11H7BrClFN2O/c12-6-3-10(15-5-6)11(17)16-7-1-2-8(13)9(14)4-7/h1-5,15H,(H,16,17). The topological polar surface area (TPSA) is 44.9 Å². The number of hydrogen-bond acceptors (Lipinski definition) is 1. The Morgan fingerprint density at radius 2 is 2.18 bits per heavy atom. The van der Waals surface area contributed by atoms with Crippen molar-refractivity contribution in [3.8, 4) is 0 Å². The van der Waals surface area contributed by atoms with Gasteiger partial charge in [-0.25, -0.2) is 4.39 Å². The number of H-pyrrole nitrogens is 1. The molecule has 0 aliphatic rings. The van der Waals surface area contributed by atoms with E-state index in [-0.39, 0.29) is 10.9 Å². The molecule has 1 aromatic carbocycles. The van der Waals surface area contributed by atoms with Crippen molar-refractivity contribution < 1.29 is 9.18 Å². The van der Waals surface area contributed by atoms with Crippen molar-refractivity contribution in [2.24, 2.45) is 0 Å². The second-order valence-corrected chi connectivity index (χ2v) is 4.64. The Morgan fingerprint density at radius 3 is 2.76 bits per heavy atom. The molecule has 1 aromatic heterocycles. The molecular weight excluding hydrogens is 310 g/mol. The number of aromatic nitrogens is 1. The molecule has 2 aromatic rings. The zero-order valence-electron chi connectivity index (χ0n) is 8.43. The molecule has 1 heterocycles. The Labute approximate surface area is 110 Å². The van der Waals surface area contributed by atoms with Gasteiger partial charge in [0.15, 0.2) is 0 Å². The van der Waals surface area contributed by atoms with E-state index in [1.165, 1.54) is 12.1 Å². The van der Waals surface area contributed by atoms with Crippen molar-refractivity contribution in [2.75, 3.05) is 5.32 Å². The zero-order chi connectivity index (χ0) is 12.4.